The first-order valence-corrected chi connectivity index (χ1v) is 7.76. The third-order valence-electron chi connectivity index (χ3n) is 4.10. The van der Waals surface area contributed by atoms with Crippen LogP contribution >= 0.6 is 0 Å². The molecule has 2 unspecified atom stereocenters. The summed E-state index contributed by atoms with van der Waals surface area (Å²) in [5, 5.41) is 14.1. The van der Waals surface area contributed by atoms with Crippen LogP contribution in [0.5, 0.6) is 0 Å². The Morgan fingerprint density at radius 2 is 2.00 bits per heavy atom. The lowest BCUT2D eigenvalue weighted by Crippen LogP contribution is -2.35. The highest BCUT2D eigenvalue weighted by atomic mass is 16.5. The monoisotopic (exact) mass is 313 g/mol. The summed E-state index contributed by atoms with van der Waals surface area (Å²) in [5.41, 5.74) is 0.567. The molecule has 1 aliphatic rings. The number of nitrogens with one attached hydrogen (secondary N) is 1. The Bertz CT molecular complexity index is 722. The molecule has 0 aromatic heterocycles. The summed E-state index contributed by atoms with van der Waals surface area (Å²) in [6.45, 7) is 0.672. The van der Waals surface area contributed by atoms with Crippen LogP contribution in [0.15, 0.2) is 42.5 Å². The maximum atomic E-state index is 12.1. The first-order valence-electron chi connectivity index (χ1n) is 7.76. The fraction of sp³-hybridized carbons (Fsp3) is 0.333. The van der Waals surface area contributed by atoms with Gasteiger partial charge in [-0.2, -0.15) is 0 Å². The molecule has 5 nitrogen and oxygen atoms in total. The molecule has 1 amide bonds. The van der Waals surface area contributed by atoms with Crippen molar-refractivity contribution < 1.29 is 19.4 Å². The Labute approximate surface area is 134 Å². The van der Waals surface area contributed by atoms with Crippen molar-refractivity contribution in [3.8, 4) is 0 Å². The van der Waals surface area contributed by atoms with Crippen LogP contribution in [-0.2, 0) is 14.3 Å². The summed E-state index contributed by atoms with van der Waals surface area (Å²) >= 11 is 0. The first-order chi connectivity index (χ1) is 11.1. The summed E-state index contributed by atoms with van der Waals surface area (Å²) in [6, 6.07) is 12.1. The Hall–Kier alpha value is -2.40. The van der Waals surface area contributed by atoms with E-state index in [1.165, 1.54) is 0 Å². The number of hydrogen-bond donors (Lipinski definition) is 2. The van der Waals surface area contributed by atoms with Crippen molar-refractivity contribution in [2.24, 2.45) is 0 Å². The van der Waals surface area contributed by atoms with Crippen molar-refractivity contribution in [2.75, 3.05) is 6.61 Å². The highest BCUT2D eigenvalue weighted by molar-refractivity contribution is 5.88. The molecule has 1 fully saturated rings. The zero-order valence-electron chi connectivity index (χ0n) is 12.7. The van der Waals surface area contributed by atoms with E-state index < -0.39 is 12.0 Å². The molecule has 2 N–H and O–H groups in total. The van der Waals surface area contributed by atoms with Gasteiger partial charge in [-0.15, -0.1) is 0 Å². The van der Waals surface area contributed by atoms with Crippen LogP contribution < -0.4 is 5.32 Å². The average molecular weight is 313 g/mol. The number of benzene rings is 2. The molecule has 0 saturated carbocycles. The molecular formula is C18H19NO4. The highest BCUT2D eigenvalue weighted by Crippen LogP contribution is 2.22. The summed E-state index contributed by atoms with van der Waals surface area (Å²) in [4.78, 5) is 23.7. The van der Waals surface area contributed by atoms with Gasteiger partial charge < -0.3 is 15.2 Å². The molecule has 1 heterocycles. The number of aliphatic carboxylic acids is 1. The summed E-state index contributed by atoms with van der Waals surface area (Å²) in [7, 11) is 0. The largest absolute Gasteiger partial charge is 0.479 e. The Balaban J connectivity index is 1.76. The van der Waals surface area contributed by atoms with Crippen LogP contribution in [0.25, 0.3) is 10.8 Å². The van der Waals surface area contributed by atoms with Crippen molar-refractivity contribution >= 4 is 22.6 Å². The topological polar surface area (TPSA) is 75.6 Å². The quantitative estimate of drug-likeness (QED) is 0.890. The lowest BCUT2D eigenvalue weighted by molar-refractivity contribution is -0.142. The Morgan fingerprint density at radius 3 is 2.70 bits per heavy atom. The third-order valence-corrected chi connectivity index (χ3v) is 4.10. The van der Waals surface area contributed by atoms with Crippen molar-refractivity contribution in [2.45, 2.75) is 31.4 Å². The Kier molecular flexibility index (Phi) is 4.57. The fourth-order valence-corrected chi connectivity index (χ4v) is 2.91. The van der Waals surface area contributed by atoms with Gasteiger partial charge in [0.15, 0.2) is 6.04 Å². The predicted molar refractivity (Wildman–Crippen MR) is 86.1 cm³/mol. The fourth-order valence-electron chi connectivity index (χ4n) is 2.91. The zero-order valence-corrected chi connectivity index (χ0v) is 12.7. The second kappa shape index (κ2) is 6.79. The highest BCUT2D eigenvalue weighted by Gasteiger charge is 2.25. The van der Waals surface area contributed by atoms with Gasteiger partial charge in [0, 0.05) is 6.61 Å². The molecule has 0 spiro atoms. The minimum atomic E-state index is -1.07. The van der Waals surface area contributed by atoms with Crippen LogP contribution in [0.2, 0.25) is 0 Å². The first kappa shape index (κ1) is 15.5. The molecule has 23 heavy (non-hydrogen) atoms. The number of carboxylic acid groups (broad SMARTS) is 1. The molecule has 2 aromatic carbocycles. The maximum absolute atomic E-state index is 12.1. The zero-order chi connectivity index (χ0) is 16.2. The maximum Gasteiger partial charge on any atom is 0.330 e. The van der Waals surface area contributed by atoms with Gasteiger partial charge in [-0.3, -0.25) is 4.79 Å². The molecule has 1 saturated heterocycles. The lowest BCUT2D eigenvalue weighted by atomic mass is 10.0. The van der Waals surface area contributed by atoms with Crippen LogP contribution in [0.1, 0.15) is 30.9 Å². The number of rotatable bonds is 5. The van der Waals surface area contributed by atoms with E-state index in [0.717, 1.165) is 23.6 Å². The van der Waals surface area contributed by atoms with E-state index in [1.807, 2.05) is 30.3 Å². The number of amides is 1. The normalized spacial score (nSPS) is 18.7. The molecular weight excluding hydrogens is 294 g/mol. The number of fused-ring (bicyclic) bond motifs is 1. The van der Waals surface area contributed by atoms with Crippen LogP contribution in [0, 0.1) is 0 Å². The van der Waals surface area contributed by atoms with Gasteiger partial charge in [0.05, 0.1) is 12.5 Å². The van der Waals surface area contributed by atoms with Crippen molar-refractivity contribution in [3.63, 3.8) is 0 Å². The number of carbonyl (C=O) groups excluding carboxylic acids is 1. The summed E-state index contributed by atoms with van der Waals surface area (Å²) in [5.74, 6) is -1.36. The van der Waals surface area contributed by atoms with E-state index in [1.54, 1.807) is 12.1 Å². The smallest absolute Gasteiger partial charge is 0.330 e. The van der Waals surface area contributed by atoms with Crippen LogP contribution in [-0.4, -0.2) is 29.7 Å². The Morgan fingerprint density at radius 1 is 1.22 bits per heavy atom. The van der Waals surface area contributed by atoms with Crippen molar-refractivity contribution in [1.29, 1.82) is 0 Å². The van der Waals surface area contributed by atoms with Gasteiger partial charge in [-0.1, -0.05) is 36.4 Å². The van der Waals surface area contributed by atoms with E-state index in [9.17, 15) is 14.7 Å². The number of ether oxygens (including phenoxy) is 1. The van der Waals surface area contributed by atoms with Crippen LogP contribution in [0.4, 0.5) is 0 Å². The number of carbonyl (C=O) groups is 2. The van der Waals surface area contributed by atoms with Crippen molar-refractivity contribution in [1.82, 2.24) is 5.32 Å². The van der Waals surface area contributed by atoms with Gasteiger partial charge in [-0.05, 0) is 35.2 Å². The standard InChI is InChI=1S/C18H19NO4/c20-16(11-15-6-3-9-23-15)19-17(18(21)22)14-8-7-12-4-1-2-5-13(12)10-14/h1-2,4-5,7-8,10,15,17H,3,6,9,11H2,(H,19,20)(H,21,22). The van der Waals surface area contributed by atoms with Gasteiger partial charge in [0.2, 0.25) is 5.91 Å². The molecule has 2 atom stereocenters. The van der Waals surface area contributed by atoms with E-state index in [-0.39, 0.29) is 18.4 Å². The minimum Gasteiger partial charge on any atom is -0.479 e. The van der Waals surface area contributed by atoms with Gasteiger partial charge in [-0.25, -0.2) is 4.79 Å². The van der Waals surface area contributed by atoms with Crippen molar-refractivity contribution in [3.05, 3.63) is 48.0 Å². The molecule has 0 aliphatic carbocycles. The molecule has 5 heteroatoms. The average Bonchev–Trinajstić information content (AvgIpc) is 3.05. The minimum absolute atomic E-state index is 0.0963. The predicted octanol–water partition coefficient (Wildman–Crippen LogP) is 2.65. The number of carboxylic acids is 1. The summed E-state index contributed by atoms with van der Waals surface area (Å²) in [6.07, 6.45) is 1.91. The third kappa shape index (κ3) is 3.68. The lowest BCUT2D eigenvalue weighted by Gasteiger charge is -2.17. The molecule has 2 aromatic rings. The molecule has 120 valence electrons. The van der Waals surface area contributed by atoms with Crippen LogP contribution in [0.3, 0.4) is 0 Å². The molecule has 1 aliphatic heterocycles. The van der Waals surface area contributed by atoms with E-state index >= 15 is 0 Å². The molecule has 0 bridgehead atoms. The van der Waals surface area contributed by atoms with E-state index in [0.29, 0.717) is 12.2 Å². The summed E-state index contributed by atoms with van der Waals surface area (Å²) < 4.78 is 5.42. The van der Waals surface area contributed by atoms with Gasteiger partial charge in [0.25, 0.3) is 0 Å². The SMILES string of the molecule is O=C(CC1CCCO1)NC(C(=O)O)c1ccc2ccccc2c1. The van der Waals surface area contributed by atoms with Gasteiger partial charge in [0.1, 0.15) is 0 Å². The number of hydrogen-bond acceptors (Lipinski definition) is 3. The molecule has 3 rings (SSSR count). The van der Waals surface area contributed by atoms with E-state index in [2.05, 4.69) is 5.32 Å². The van der Waals surface area contributed by atoms with Gasteiger partial charge >= 0.3 is 5.97 Å². The second-order valence-electron chi connectivity index (χ2n) is 5.78. The molecule has 0 radical (unpaired) electrons. The van der Waals surface area contributed by atoms with E-state index in [4.69, 9.17) is 4.74 Å². The second-order valence-corrected chi connectivity index (χ2v) is 5.78.